The van der Waals surface area contributed by atoms with Crippen molar-refractivity contribution >= 4 is 23.0 Å². The number of benzene rings is 2. The summed E-state index contributed by atoms with van der Waals surface area (Å²) in [6.07, 6.45) is 0.958. The minimum absolute atomic E-state index is 0.105. The zero-order chi connectivity index (χ0) is 21.1. The summed E-state index contributed by atoms with van der Waals surface area (Å²) in [4.78, 5) is 16.4. The molecule has 1 amide bonds. The summed E-state index contributed by atoms with van der Waals surface area (Å²) in [7, 11) is 0. The van der Waals surface area contributed by atoms with E-state index in [1.165, 1.54) is 22.4 Å². The van der Waals surface area contributed by atoms with Crippen molar-refractivity contribution in [1.82, 2.24) is 4.90 Å². The summed E-state index contributed by atoms with van der Waals surface area (Å²) >= 11 is 0. The smallest absolute Gasteiger partial charge is 0.224 e. The Morgan fingerprint density at radius 2 is 1.73 bits per heavy atom. The van der Waals surface area contributed by atoms with Crippen LogP contribution < -0.4 is 15.5 Å². The van der Waals surface area contributed by atoms with E-state index >= 15 is 0 Å². The minimum Gasteiger partial charge on any atom is -0.390 e. The molecule has 2 heterocycles. The Morgan fingerprint density at radius 1 is 1.03 bits per heavy atom. The molecule has 160 valence electrons. The Bertz CT molecular complexity index is 886. The molecule has 2 aromatic carbocycles. The Kier molecular flexibility index (Phi) is 6.25. The van der Waals surface area contributed by atoms with E-state index in [-0.39, 0.29) is 5.91 Å². The third kappa shape index (κ3) is 4.60. The van der Waals surface area contributed by atoms with Gasteiger partial charge in [-0.1, -0.05) is 24.3 Å². The first-order valence-corrected chi connectivity index (χ1v) is 10.9. The highest BCUT2D eigenvalue weighted by Crippen LogP contribution is 2.32. The van der Waals surface area contributed by atoms with Crippen LogP contribution in [0, 0.1) is 13.8 Å². The molecule has 0 spiro atoms. The van der Waals surface area contributed by atoms with Gasteiger partial charge in [-0.05, 0) is 49.1 Å². The third-order valence-corrected chi connectivity index (χ3v) is 6.20. The molecular formula is C24H32N4O2. The van der Waals surface area contributed by atoms with Gasteiger partial charge in [0.05, 0.1) is 6.10 Å². The fourth-order valence-electron chi connectivity index (χ4n) is 4.55. The molecule has 4 rings (SSSR count). The average Bonchev–Trinajstić information content (AvgIpc) is 2.73. The number of hydrogen-bond acceptors (Lipinski definition) is 5. The summed E-state index contributed by atoms with van der Waals surface area (Å²) in [5, 5.41) is 17.0. The van der Waals surface area contributed by atoms with Crippen LogP contribution in [0.4, 0.5) is 17.1 Å². The van der Waals surface area contributed by atoms with Crippen molar-refractivity contribution in [3.05, 3.63) is 53.1 Å². The number of piperazine rings is 1. The molecule has 0 saturated carbocycles. The van der Waals surface area contributed by atoms with E-state index in [2.05, 4.69) is 58.5 Å². The molecule has 1 unspecified atom stereocenters. The Hall–Kier alpha value is -2.57. The molecule has 2 aliphatic heterocycles. The average molecular weight is 409 g/mol. The van der Waals surface area contributed by atoms with Crippen LogP contribution >= 0.6 is 0 Å². The lowest BCUT2D eigenvalue weighted by molar-refractivity contribution is -0.116. The summed E-state index contributed by atoms with van der Waals surface area (Å²) in [6, 6.07) is 12.4. The van der Waals surface area contributed by atoms with E-state index in [0.29, 0.717) is 19.5 Å². The lowest BCUT2D eigenvalue weighted by Crippen LogP contribution is -2.49. The number of aryl methyl sites for hydroxylation is 2. The van der Waals surface area contributed by atoms with E-state index in [1.54, 1.807) is 0 Å². The minimum atomic E-state index is -0.407. The van der Waals surface area contributed by atoms with Crippen LogP contribution in [0.3, 0.4) is 0 Å². The second-order valence-electron chi connectivity index (χ2n) is 8.44. The van der Waals surface area contributed by atoms with Crippen LogP contribution in [-0.2, 0) is 11.2 Å². The van der Waals surface area contributed by atoms with E-state index in [1.807, 2.05) is 12.1 Å². The number of para-hydroxylation sites is 1. The molecule has 1 atom stereocenters. The van der Waals surface area contributed by atoms with Crippen LogP contribution in [0.25, 0.3) is 0 Å². The van der Waals surface area contributed by atoms with E-state index in [0.717, 1.165) is 44.0 Å². The van der Waals surface area contributed by atoms with Crippen molar-refractivity contribution in [1.29, 1.82) is 0 Å². The second kappa shape index (κ2) is 9.06. The number of fused-ring (bicyclic) bond motifs is 1. The number of amides is 1. The van der Waals surface area contributed by atoms with Gasteiger partial charge in [0.1, 0.15) is 0 Å². The van der Waals surface area contributed by atoms with Gasteiger partial charge in [-0.15, -0.1) is 0 Å². The number of aliphatic hydroxyl groups excluding tert-OH is 1. The van der Waals surface area contributed by atoms with Gasteiger partial charge in [-0.2, -0.15) is 0 Å². The largest absolute Gasteiger partial charge is 0.390 e. The van der Waals surface area contributed by atoms with Crippen molar-refractivity contribution < 1.29 is 9.90 Å². The first kappa shape index (κ1) is 20.7. The Labute approximate surface area is 178 Å². The standard InChI is InChI=1S/C24H32N4O2/c1-17-5-3-6-18(2)24(17)25-15-19(29)16-27-11-13-28(14-12-27)22-8-4-7-21-20(22)9-10-23(30)26-21/h3-8,19,25,29H,9-16H2,1-2H3,(H,26,30). The fourth-order valence-corrected chi connectivity index (χ4v) is 4.55. The highest BCUT2D eigenvalue weighted by Gasteiger charge is 2.24. The molecule has 1 saturated heterocycles. The summed E-state index contributed by atoms with van der Waals surface area (Å²) in [6.45, 7) is 9.13. The maximum atomic E-state index is 11.7. The van der Waals surface area contributed by atoms with Crippen LogP contribution in [-0.4, -0.2) is 61.3 Å². The number of carbonyl (C=O) groups is 1. The first-order chi connectivity index (χ1) is 14.5. The summed E-state index contributed by atoms with van der Waals surface area (Å²) in [5.41, 5.74) is 6.99. The number of β-amino-alcohol motifs (C(OH)–C–C–N with tert-alkyl or cyclic N) is 1. The Balaban J connectivity index is 1.29. The molecular weight excluding hydrogens is 376 g/mol. The van der Waals surface area contributed by atoms with Crippen LogP contribution in [0.1, 0.15) is 23.1 Å². The van der Waals surface area contributed by atoms with E-state index in [4.69, 9.17) is 0 Å². The van der Waals surface area contributed by atoms with Gasteiger partial charge in [-0.25, -0.2) is 0 Å². The number of aliphatic hydroxyl groups is 1. The predicted molar refractivity (Wildman–Crippen MR) is 122 cm³/mol. The normalized spacial score (nSPS) is 18.0. The third-order valence-electron chi connectivity index (χ3n) is 6.20. The zero-order valence-corrected chi connectivity index (χ0v) is 17.9. The molecule has 3 N–H and O–H groups in total. The second-order valence-corrected chi connectivity index (χ2v) is 8.44. The molecule has 2 aliphatic rings. The topological polar surface area (TPSA) is 67.8 Å². The lowest BCUT2D eigenvalue weighted by Gasteiger charge is -2.38. The molecule has 0 bridgehead atoms. The maximum Gasteiger partial charge on any atom is 0.224 e. The number of nitrogens with one attached hydrogen (secondary N) is 2. The molecule has 0 aliphatic carbocycles. The number of nitrogens with zero attached hydrogens (tertiary/aromatic N) is 2. The fraction of sp³-hybridized carbons (Fsp3) is 0.458. The highest BCUT2D eigenvalue weighted by atomic mass is 16.3. The van der Waals surface area contributed by atoms with Crippen molar-refractivity contribution in [2.24, 2.45) is 0 Å². The maximum absolute atomic E-state index is 11.7. The zero-order valence-electron chi connectivity index (χ0n) is 17.9. The summed E-state index contributed by atoms with van der Waals surface area (Å²) < 4.78 is 0. The number of anilines is 3. The van der Waals surface area contributed by atoms with Gasteiger partial charge in [0, 0.05) is 62.8 Å². The molecule has 2 aromatic rings. The van der Waals surface area contributed by atoms with Gasteiger partial charge >= 0.3 is 0 Å². The first-order valence-electron chi connectivity index (χ1n) is 10.9. The van der Waals surface area contributed by atoms with Gasteiger partial charge in [-0.3, -0.25) is 9.69 Å². The number of hydrogen-bond donors (Lipinski definition) is 3. The van der Waals surface area contributed by atoms with Crippen molar-refractivity contribution in [2.75, 3.05) is 54.8 Å². The monoisotopic (exact) mass is 408 g/mol. The quantitative estimate of drug-likeness (QED) is 0.686. The number of rotatable bonds is 6. The van der Waals surface area contributed by atoms with Crippen molar-refractivity contribution in [3.8, 4) is 0 Å². The molecule has 6 nitrogen and oxygen atoms in total. The van der Waals surface area contributed by atoms with Gasteiger partial charge < -0.3 is 20.6 Å². The molecule has 30 heavy (non-hydrogen) atoms. The number of carbonyl (C=O) groups excluding carboxylic acids is 1. The molecule has 0 aromatic heterocycles. The van der Waals surface area contributed by atoms with Crippen LogP contribution in [0.5, 0.6) is 0 Å². The van der Waals surface area contributed by atoms with Gasteiger partial charge in [0.25, 0.3) is 0 Å². The SMILES string of the molecule is Cc1cccc(C)c1NCC(O)CN1CCN(c2cccc3c2CCC(=O)N3)CC1. The van der Waals surface area contributed by atoms with Gasteiger partial charge in [0.2, 0.25) is 5.91 Å². The van der Waals surface area contributed by atoms with Crippen molar-refractivity contribution in [2.45, 2.75) is 32.8 Å². The highest BCUT2D eigenvalue weighted by molar-refractivity contribution is 5.95. The Morgan fingerprint density at radius 3 is 2.47 bits per heavy atom. The summed E-state index contributed by atoms with van der Waals surface area (Å²) in [5.74, 6) is 0.105. The van der Waals surface area contributed by atoms with Gasteiger partial charge in [0.15, 0.2) is 0 Å². The predicted octanol–water partition coefficient (Wildman–Crippen LogP) is 2.78. The lowest BCUT2D eigenvalue weighted by atomic mass is 10.00. The molecule has 0 radical (unpaired) electrons. The van der Waals surface area contributed by atoms with Crippen molar-refractivity contribution in [3.63, 3.8) is 0 Å². The van der Waals surface area contributed by atoms with E-state index in [9.17, 15) is 9.90 Å². The molecule has 6 heteroatoms. The van der Waals surface area contributed by atoms with E-state index < -0.39 is 6.10 Å². The van der Waals surface area contributed by atoms with Crippen LogP contribution in [0.15, 0.2) is 36.4 Å². The van der Waals surface area contributed by atoms with Crippen LogP contribution in [0.2, 0.25) is 0 Å². The molecule has 1 fully saturated rings.